The molecular weight excluding hydrogens is 390 g/mol. The number of carbonyl (C=O) groups is 3. The summed E-state index contributed by atoms with van der Waals surface area (Å²) in [6, 6.07) is 5.07. The third-order valence-corrected chi connectivity index (χ3v) is 4.28. The van der Waals surface area contributed by atoms with Crippen molar-refractivity contribution in [1.82, 2.24) is 14.8 Å². The Morgan fingerprint density at radius 3 is 2.67 bits per heavy atom. The fourth-order valence-electron chi connectivity index (χ4n) is 2.97. The third kappa shape index (κ3) is 4.07. The summed E-state index contributed by atoms with van der Waals surface area (Å²) in [7, 11) is 1.75. The lowest BCUT2D eigenvalue weighted by molar-refractivity contribution is -0.106. The fourth-order valence-corrected chi connectivity index (χ4v) is 2.97. The topological polar surface area (TPSA) is 127 Å². The molecule has 0 saturated carbocycles. The molecule has 10 nitrogen and oxygen atoms in total. The standard InChI is InChI=1S/C20H21N5O5/c1-11(2)30-17-7-13(5-6-15(17)19(27)28)22-20(29)25(10-26)14-8-16-12(3)23-24(4)18(16)21-9-14/h5-11H,1-4H3,(H,22,29)(H,27,28). The summed E-state index contributed by atoms with van der Waals surface area (Å²) in [4.78, 5) is 40.9. The number of carboxylic acids is 1. The average Bonchev–Trinajstić information content (AvgIpc) is 2.95. The van der Waals surface area contributed by atoms with Crippen LogP contribution in [-0.4, -0.2) is 44.4 Å². The van der Waals surface area contributed by atoms with Gasteiger partial charge in [-0.05, 0) is 39.0 Å². The number of carbonyl (C=O) groups excluding carboxylic acids is 2. The molecule has 0 fully saturated rings. The predicted octanol–water partition coefficient (Wildman–Crippen LogP) is 2.96. The molecule has 3 rings (SSSR count). The van der Waals surface area contributed by atoms with E-state index in [-0.39, 0.29) is 28.8 Å². The first-order valence-corrected chi connectivity index (χ1v) is 9.10. The minimum Gasteiger partial charge on any atom is -0.490 e. The van der Waals surface area contributed by atoms with Gasteiger partial charge >= 0.3 is 12.0 Å². The van der Waals surface area contributed by atoms with E-state index in [0.29, 0.717) is 23.1 Å². The minimum atomic E-state index is -1.15. The van der Waals surface area contributed by atoms with Crippen molar-refractivity contribution >= 4 is 40.8 Å². The van der Waals surface area contributed by atoms with Crippen LogP contribution in [0.3, 0.4) is 0 Å². The van der Waals surface area contributed by atoms with Gasteiger partial charge in [0, 0.05) is 24.2 Å². The zero-order chi connectivity index (χ0) is 22.0. The number of pyridine rings is 1. The van der Waals surface area contributed by atoms with Gasteiger partial charge < -0.3 is 15.2 Å². The lowest BCUT2D eigenvalue weighted by Crippen LogP contribution is -2.33. The second-order valence-corrected chi connectivity index (χ2v) is 6.86. The first-order valence-electron chi connectivity index (χ1n) is 9.10. The van der Waals surface area contributed by atoms with E-state index < -0.39 is 12.0 Å². The van der Waals surface area contributed by atoms with E-state index in [0.717, 1.165) is 4.90 Å². The number of carboxylic acid groups (broad SMARTS) is 1. The number of imide groups is 1. The molecule has 30 heavy (non-hydrogen) atoms. The van der Waals surface area contributed by atoms with E-state index in [1.807, 2.05) is 0 Å². The molecule has 0 aliphatic heterocycles. The van der Waals surface area contributed by atoms with Gasteiger partial charge in [0.05, 0.1) is 23.7 Å². The number of urea groups is 1. The van der Waals surface area contributed by atoms with Crippen LogP contribution in [0.1, 0.15) is 29.9 Å². The van der Waals surface area contributed by atoms with Crippen molar-refractivity contribution in [1.29, 1.82) is 0 Å². The van der Waals surface area contributed by atoms with Gasteiger partial charge in [-0.2, -0.15) is 5.10 Å². The maximum absolute atomic E-state index is 12.7. The molecule has 0 bridgehead atoms. The molecule has 0 radical (unpaired) electrons. The second-order valence-electron chi connectivity index (χ2n) is 6.86. The molecule has 2 N–H and O–H groups in total. The van der Waals surface area contributed by atoms with E-state index >= 15 is 0 Å². The number of hydrogen-bond acceptors (Lipinski definition) is 6. The Balaban J connectivity index is 1.89. The normalized spacial score (nSPS) is 10.8. The number of fused-ring (bicyclic) bond motifs is 1. The van der Waals surface area contributed by atoms with E-state index in [4.69, 9.17) is 4.74 Å². The number of ether oxygens (including phenoxy) is 1. The third-order valence-electron chi connectivity index (χ3n) is 4.28. The number of benzene rings is 1. The lowest BCUT2D eigenvalue weighted by Gasteiger charge is -2.18. The highest BCUT2D eigenvalue weighted by molar-refractivity contribution is 6.12. The second kappa shape index (κ2) is 8.19. The van der Waals surface area contributed by atoms with Crippen LogP contribution in [0.5, 0.6) is 5.75 Å². The van der Waals surface area contributed by atoms with Gasteiger partial charge in [0.2, 0.25) is 6.41 Å². The number of nitrogens with zero attached hydrogens (tertiary/aromatic N) is 4. The largest absolute Gasteiger partial charge is 0.490 e. The van der Waals surface area contributed by atoms with Crippen LogP contribution in [0.15, 0.2) is 30.5 Å². The average molecular weight is 411 g/mol. The van der Waals surface area contributed by atoms with E-state index in [9.17, 15) is 19.5 Å². The van der Waals surface area contributed by atoms with Crippen molar-refractivity contribution in [3.05, 3.63) is 41.7 Å². The molecule has 0 saturated heterocycles. The minimum absolute atomic E-state index is 0.0318. The van der Waals surface area contributed by atoms with Crippen molar-refractivity contribution < 1.29 is 24.2 Å². The fraction of sp³-hybridized carbons (Fsp3) is 0.250. The molecule has 1 aromatic carbocycles. The first-order chi connectivity index (χ1) is 14.2. The van der Waals surface area contributed by atoms with Gasteiger partial charge in [-0.3, -0.25) is 9.48 Å². The van der Waals surface area contributed by atoms with Crippen LogP contribution in [-0.2, 0) is 11.8 Å². The summed E-state index contributed by atoms with van der Waals surface area (Å²) in [5, 5.41) is 16.9. The van der Waals surface area contributed by atoms with Gasteiger partial charge in [0.1, 0.15) is 11.3 Å². The van der Waals surface area contributed by atoms with E-state index in [1.54, 1.807) is 38.6 Å². The molecule has 0 spiro atoms. The maximum atomic E-state index is 12.7. The number of nitrogens with one attached hydrogen (secondary N) is 1. The molecule has 3 aromatic rings. The van der Waals surface area contributed by atoms with E-state index in [2.05, 4.69) is 15.4 Å². The highest BCUT2D eigenvalue weighted by Gasteiger charge is 2.19. The van der Waals surface area contributed by atoms with Crippen LogP contribution in [0.4, 0.5) is 16.2 Å². The van der Waals surface area contributed by atoms with Crippen LogP contribution in [0.25, 0.3) is 11.0 Å². The zero-order valence-electron chi connectivity index (χ0n) is 16.9. The number of aromatic carboxylic acids is 1. The summed E-state index contributed by atoms with van der Waals surface area (Å²) >= 11 is 0. The molecule has 0 unspecified atom stereocenters. The molecule has 10 heteroatoms. The Morgan fingerprint density at radius 1 is 1.30 bits per heavy atom. The Morgan fingerprint density at radius 2 is 2.03 bits per heavy atom. The van der Waals surface area contributed by atoms with Crippen molar-refractivity contribution in [3.8, 4) is 5.75 Å². The van der Waals surface area contributed by atoms with Gasteiger partial charge in [0.25, 0.3) is 0 Å². The monoisotopic (exact) mass is 411 g/mol. The van der Waals surface area contributed by atoms with Crippen LogP contribution in [0.2, 0.25) is 0 Å². The van der Waals surface area contributed by atoms with Crippen molar-refractivity contribution in [2.45, 2.75) is 26.9 Å². The number of amides is 3. The molecule has 2 heterocycles. The summed E-state index contributed by atoms with van der Waals surface area (Å²) in [5.41, 5.74) is 1.86. The lowest BCUT2D eigenvalue weighted by atomic mass is 10.1. The van der Waals surface area contributed by atoms with Crippen LogP contribution >= 0.6 is 0 Å². The quantitative estimate of drug-likeness (QED) is 0.597. The van der Waals surface area contributed by atoms with E-state index in [1.165, 1.54) is 24.4 Å². The number of aryl methyl sites for hydroxylation is 2. The smallest absolute Gasteiger partial charge is 0.339 e. The summed E-state index contributed by atoms with van der Waals surface area (Å²) in [6.07, 6.45) is 1.51. The number of anilines is 2. The Bertz CT molecular complexity index is 1140. The predicted molar refractivity (Wildman–Crippen MR) is 110 cm³/mol. The number of aromatic nitrogens is 3. The Hall–Kier alpha value is -3.95. The highest BCUT2D eigenvalue weighted by atomic mass is 16.5. The summed E-state index contributed by atoms with van der Waals surface area (Å²) in [5.74, 6) is -1.04. The Kier molecular flexibility index (Phi) is 5.67. The molecule has 2 aromatic heterocycles. The summed E-state index contributed by atoms with van der Waals surface area (Å²) in [6.45, 7) is 5.32. The molecule has 0 aliphatic rings. The molecule has 0 atom stereocenters. The molecular formula is C20H21N5O5. The number of rotatable bonds is 6. The maximum Gasteiger partial charge on any atom is 0.339 e. The van der Waals surface area contributed by atoms with Crippen molar-refractivity contribution in [3.63, 3.8) is 0 Å². The molecule has 3 amide bonds. The van der Waals surface area contributed by atoms with Crippen LogP contribution < -0.4 is 15.0 Å². The van der Waals surface area contributed by atoms with Crippen LogP contribution in [0, 0.1) is 6.92 Å². The number of hydrogen-bond donors (Lipinski definition) is 2. The van der Waals surface area contributed by atoms with Gasteiger partial charge in [-0.25, -0.2) is 19.5 Å². The highest BCUT2D eigenvalue weighted by Crippen LogP contribution is 2.26. The molecule has 156 valence electrons. The van der Waals surface area contributed by atoms with Gasteiger partial charge in [0.15, 0.2) is 5.65 Å². The SMILES string of the molecule is Cc1nn(C)c2ncc(N(C=O)C(=O)Nc3ccc(C(=O)O)c(OC(C)C)c3)cc12. The first kappa shape index (κ1) is 20.8. The van der Waals surface area contributed by atoms with Crippen molar-refractivity contribution in [2.75, 3.05) is 10.2 Å². The van der Waals surface area contributed by atoms with Gasteiger partial charge in [-0.15, -0.1) is 0 Å². The zero-order valence-corrected chi connectivity index (χ0v) is 16.9. The molecule has 0 aliphatic carbocycles. The van der Waals surface area contributed by atoms with Crippen molar-refractivity contribution in [2.24, 2.45) is 7.05 Å². The Labute approximate surface area is 172 Å². The van der Waals surface area contributed by atoms with Gasteiger partial charge in [-0.1, -0.05) is 0 Å². The summed E-state index contributed by atoms with van der Waals surface area (Å²) < 4.78 is 7.14.